The maximum Gasteiger partial charge on any atom is 0.227 e. The van der Waals surface area contributed by atoms with Crippen molar-refractivity contribution in [3.05, 3.63) is 0 Å². The molecule has 0 aliphatic carbocycles. The summed E-state index contributed by atoms with van der Waals surface area (Å²) in [5.74, 6) is 1.04. The topological polar surface area (TPSA) is 66.6 Å². The predicted octanol–water partition coefficient (Wildman–Crippen LogP) is 1.86. The summed E-state index contributed by atoms with van der Waals surface area (Å²) < 4.78 is 0. The summed E-state index contributed by atoms with van der Waals surface area (Å²) in [6.45, 7) is 9.13. The van der Waals surface area contributed by atoms with E-state index in [1.807, 2.05) is 23.6 Å². The second-order valence-corrected chi connectivity index (χ2v) is 7.45. The summed E-state index contributed by atoms with van der Waals surface area (Å²) in [6, 6.07) is 0.213. The number of carbonyl (C=O) groups excluding carboxylic acids is 2. The highest BCUT2D eigenvalue weighted by atomic mass is 16.2. The molecule has 3 atom stereocenters. The zero-order valence-corrected chi connectivity index (χ0v) is 15.0. The van der Waals surface area contributed by atoms with Crippen molar-refractivity contribution in [2.45, 2.75) is 58.9 Å². The molecule has 0 spiro atoms. The molecule has 2 aliphatic rings. The second-order valence-electron chi connectivity index (χ2n) is 7.45. The molecule has 2 N–H and O–H groups in total. The number of nitrogens with two attached hydrogens (primary N) is 1. The number of carbonyl (C=O) groups is 2. The maximum atomic E-state index is 12.8. The summed E-state index contributed by atoms with van der Waals surface area (Å²) in [7, 11) is 0. The minimum atomic E-state index is -0.0105. The van der Waals surface area contributed by atoms with E-state index in [2.05, 4.69) is 6.92 Å². The van der Waals surface area contributed by atoms with Crippen LogP contribution in [-0.4, -0.2) is 53.8 Å². The molecule has 23 heavy (non-hydrogen) atoms. The van der Waals surface area contributed by atoms with Crippen LogP contribution in [0.1, 0.15) is 52.9 Å². The Morgan fingerprint density at radius 1 is 1.09 bits per heavy atom. The summed E-state index contributed by atoms with van der Waals surface area (Å²) in [5, 5.41) is 0. The van der Waals surface area contributed by atoms with Gasteiger partial charge in [-0.2, -0.15) is 0 Å². The number of rotatable bonds is 4. The summed E-state index contributed by atoms with van der Waals surface area (Å²) in [4.78, 5) is 29.1. The maximum absolute atomic E-state index is 12.8. The van der Waals surface area contributed by atoms with Gasteiger partial charge < -0.3 is 15.5 Å². The van der Waals surface area contributed by atoms with Gasteiger partial charge in [-0.3, -0.25) is 9.59 Å². The third-order valence-corrected chi connectivity index (χ3v) is 5.71. The standard InChI is InChI=1S/C18H33N3O2/c1-4-13(2)17(22)21-9-5-6-16(12-21)18(23)20-10-7-15(8-11-20)14(3)19/h13-16H,4-12,19H2,1-3H3. The van der Waals surface area contributed by atoms with E-state index in [9.17, 15) is 9.59 Å². The van der Waals surface area contributed by atoms with Crippen LogP contribution in [0.25, 0.3) is 0 Å². The Kier molecular flexibility index (Phi) is 6.45. The van der Waals surface area contributed by atoms with E-state index in [-0.39, 0.29) is 29.7 Å². The molecule has 0 aromatic rings. The van der Waals surface area contributed by atoms with Gasteiger partial charge in [0.05, 0.1) is 5.92 Å². The van der Waals surface area contributed by atoms with Gasteiger partial charge in [-0.25, -0.2) is 0 Å². The van der Waals surface area contributed by atoms with Crippen molar-refractivity contribution in [3.8, 4) is 0 Å². The smallest absolute Gasteiger partial charge is 0.227 e. The Balaban J connectivity index is 1.89. The highest BCUT2D eigenvalue weighted by molar-refractivity contribution is 5.82. The lowest BCUT2D eigenvalue weighted by Gasteiger charge is -2.39. The quantitative estimate of drug-likeness (QED) is 0.858. The summed E-state index contributed by atoms with van der Waals surface area (Å²) in [5.41, 5.74) is 5.98. The molecular weight excluding hydrogens is 290 g/mol. The summed E-state index contributed by atoms with van der Waals surface area (Å²) in [6.07, 6.45) is 4.72. The van der Waals surface area contributed by atoms with Crippen LogP contribution < -0.4 is 5.73 Å². The molecule has 2 aliphatic heterocycles. The Morgan fingerprint density at radius 3 is 2.30 bits per heavy atom. The van der Waals surface area contributed by atoms with Gasteiger partial charge in [-0.05, 0) is 44.9 Å². The minimum absolute atomic E-state index is 0.0105. The third-order valence-electron chi connectivity index (χ3n) is 5.71. The Morgan fingerprint density at radius 2 is 1.74 bits per heavy atom. The van der Waals surface area contributed by atoms with E-state index >= 15 is 0 Å². The molecular formula is C18H33N3O2. The zero-order chi connectivity index (χ0) is 17.0. The van der Waals surface area contributed by atoms with Crippen molar-refractivity contribution in [2.75, 3.05) is 26.2 Å². The van der Waals surface area contributed by atoms with Gasteiger partial charge in [0.25, 0.3) is 0 Å². The number of likely N-dealkylation sites (tertiary alicyclic amines) is 2. The molecule has 2 heterocycles. The van der Waals surface area contributed by atoms with Crippen LogP contribution in [0.4, 0.5) is 0 Å². The van der Waals surface area contributed by atoms with Crippen molar-refractivity contribution >= 4 is 11.8 Å². The van der Waals surface area contributed by atoms with Crippen molar-refractivity contribution in [1.82, 2.24) is 9.80 Å². The molecule has 2 saturated heterocycles. The van der Waals surface area contributed by atoms with Crippen LogP contribution in [-0.2, 0) is 9.59 Å². The molecule has 3 unspecified atom stereocenters. The third kappa shape index (κ3) is 4.46. The van der Waals surface area contributed by atoms with Gasteiger partial charge >= 0.3 is 0 Å². The average Bonchev–Trinajstić information content (AvgIpc) is 2.59. The van der Waals surface area contributed by atoms with Crippen molar-refractivity contribution in [2.24, 2.45) is 23.5 Å². The van der Waals surface area contributed by atoms with Crippen LogP contribution in [0.5, 0.6) is 0 Å². The molecule has 5 nitrogen and oxygen atoms in total. The van der Waals surface area contributed by atoms with Gasteiger partial charge in [0.2, 0.25) is 11.8 Å². The fourth-order valence-corrected chi connectivity index (χ4v) is 3.77. The van der Waals surface area contributed by atoms with E-state index in [0.717, 1.165) is 51.7 Å². The van der Waals surface area contributed by atoms with Gasteiger partial charge in [-0.1, -0.05) is 13.8 Å². The van der Waals surface area contributed by atoms with Crippen molar-refractivity contribution < 1.29 is 9.59 Å². The number of hydrogen-bond donors (Lipinski definition) is 1. The first-order valence-corrected chi connectivity index (χ1v) is 9.27. The highest BCUT2D eigenvalue weighted by Crippen LogP contribution is 2.25. The average molecular weight is 323 g/mol. The monoisotopic (exact) mass is 323 g/mol. The van der Waals surface area contributed by atoms with E-state index in [4.69, 9.17) is 5.73 Å². The van der Waals surface area contributed by atoms with Gasteiger partial charge in [0, 0.05) is 38.1 Å². The minimum Gasteiger partial charge on any atom is -0.342 e. The van der Waals surface area contributed by atoms with Gasteiger partial charge in [0.1, 0.15) is 0 Å². The van der Waals surface area contributed by atoms with Crippen LogP contribution >= 0.6 is 0 Å². The fourth-order valence-electron chi connectivity index (χ4n) is 3.77. The molecule has 2 amide bonds. The molecule has 0 bridgehead atoms. The number of piperidine rings is 2. The molecule has 5 heteroatoms. The van der Waals surface area contributed by atoms with E-state index < -0.39 is 0 Å². The van der Waals surface area contributed by atoms with Crippen LogP contribution in [0.2, 0.25) is 0 Å². The fraction of sp³-hybridized carbons (Fsp3) is 0.889. The first-order chi connectivity index (χ1) is 10.9. The molecule has 0 aromatic carbocycles. The second kappa shape index (κ2) is 8.13. The van der Waals surface area contributed by atoms with E-state index in [1.54, 1.807) is 0 Å². The number of hydrogen-bond acceptors (Lipinski definition) is 3. The largest absolute Gasteiger partial charge is 0.342 e. The SMILES string of the molecule is CCC(C)C(=O)N1CCCC(C(=O)N2CCC(C(C)N)CC2)C1. The lowest BCUT2D eigenvalue weighted by atomic mass is 9.89. The lowest BCUT2D eigenvalue weighted by Crippen LogP contribution is -2.50. The number of amides is 2. The number of nitrogens with zero attached hydrogens (tertiary/aromatic N) is 2. The normalized spacial score (nSPS) is 26.0. The zero-order valence-electron chi connectivity index (χ0n) is 15.0. The van der Waals surface area contributed by atoms with E-state index in [1.165, 1.54) is 0 Å². The summed E-state index contributed by atoms with van der Waals surface area (Å²) >= 11 is 0. The van der Waals surface area contributed by atoms with Crippen molar-refractivity contribution in [3.63, 3.8) is 0 Å². The molecule has 2 rings (SSSR count). The van der Waals surface area contributed by atoms with Crippen LogP contribution in [0, 0.1) is 17.8 Å². The van der Waals surface area contributed by atoms with Crippen LogP contribution in [0.15, 0.2) is 0 Å². The highest BCUT2D eigenvalue weighted by Gasteiger charge is 2.34. The van der Waals surface area contributed by atoms with Gasteiger partial charge in [-0.15, -0.1) is 0 Å². The Bertz CT molecular complexity index is 416. The molecule has 0 saturated carbocycles. The Hall–Kier alpha value is -1.10. The lowest BCUT2D eigenvalue weighted by molar-refractivity contribution is -0.143. The molecule has 0 aromatic heterocycles. The molecule has 132 valence electrons. The van der Waals surface area contributed by atoms with Crippen LogP contribution in [0.3, 0.4) is 0 Å². The molecule has 2 fully saturated rings. The predicted molar refractivity (Wildman–Crippen MR) is 91.7 cm³/mol. The van der Waals surface area contributed by atoms with Gasteiger partial charge in [0.15, 0.2) is 0 Å². The van der Waals surface area contributed by atoms with Crippen molar-refractivity contribution in [1.29, 1.82) is 0 Å². The van der Waals surface area contributed by atoms with E-state index in [0.29, 0.717) is 12.5 Å². The first-order valence-electron chi connectivity index (χ1n) is 9.27. The first kappa shape index (κ1) is 18.2. The molecule has 0 radical (unpaired) electrons. The Labute approximate surface area is 140 Å².